The summed E-state index contributed by atoms with van der Waals surface area (Å²) in [5, 5.41) is 5.44. The molecule has 5 rings (SSSR count). The first-order valence-corrected chi connectivity index (χ1v) is 12.9. The van der Waals surface area contributed by atoms with Crippen molar-refractivity contribution in [2.75, 3.05) is 19.3 Å². The summed E-state index contributed by atoms with van der Waals surface area (Å²) in [5.74, 6) is -0.606. The number of fused-ring (bicyclic) bond motifs is 1. The standard InChI is InChI=1S/C26H25F2N3O2S/c1-18-13-25-20(16-29-31(25)23-9-7-22(28)8-10-23)14-24(18)26(11-12-30(17-26)34(2,32)33)15-19-3-5-21(27)6-4-19/h3-10,13-14,16H,11-12,15,17H2,1-2H3. The van der Waals surface area contributed by atoms with Crippen LogP contribution in [0.3, 0.4) is 0 Å². The Morgan fingerprint density at radius 1 is 1.00 bits per heavy atom. The van der Waals surface area contributed by atoms with Crippen LogP contribution in [0.5, 0.6) is 0 Å². The summed E-state index contributed by atoms with van der Waals surface area (Å²) in [6, 6.07) is 16.7. The lowest BCUT2D eigenvalue weighted by atomic mass is 9.73. The maximum atomic E-state index is 13.5. The fourth-order valence-electron chi connectivity index (χ4n) is 5.11. The third-order valence-corrected chi connectivity index (χ3v) is 8.05. The average molecular weight is 482 g/mol. The van der Waals surface area contributed by atoms with Crippen molar-refractivity contribution in [1.82, 2.24) is 14.1 Å². The summed E-state index contributed by atoms with van der Waals surface area (Å²) < 4.78 is 55.0. The number of aromatic nitrogens is 2. The molecule has 5 nitrogen and oxygen atoms in total. The Bertz CT molecular complexity index is 1460. The van der Waals surface area contributed by atoms with Crippen LogP contribution in [0, 0.1) is 18.6 Å². The van der Waals surface area contributed by atoms with E-state index >= 15 is 0 Å². The van der Waals surface area contributed by atoms with Gasteiger partial charge in [0.1, 0.15) is 11.6 Å². The van der Waals surface area contributed by atoms with Crippen molar-refractivity contribution in [3.05, 3.63) is 95.2 Å². The van der Waals surface area contributed by atoms with Gasteiger partial charge in [-0.05, 0) is 85.0 Å². The number of nitrogens with zero attached hydrogens (tertiary/aromatic N) is 3. The van der Waals surface area contributed by atoms with Gasteiger partial charge in [0, 0.05) is 23.9 Å². The van der Waals surface area contributed by atoms with Gasteiger partial charge < -0.3 is 0 Å². The first-order chi connectivity index (χ1) is 16.1. The van der Waals surface area contributed by atoms with E-state index in [1.807, 2.05) is 6.92 Å². The summed E-state index contributed by atoms with van der Waals surface area (Å²) in [4.78, 5) is 0. The molecule has 8 heteroatoms. The number of sulfonamides is 1. The molecule has 34 heavy (non-hydrogen) atoms. The molecular formula is C26H25F2N3O2S. The molecule has 0 N–H and O–H groups in total. The minimum Gasteiger partial charge on any atom is -0.233 e. The predicted molar refractivity (Wildman–Crippen MR) is 129 cm³/mol. The highest BCUT2D eigenvalue weighted by molar-refractivity contribution is 7.88. The van der Waals surface area contributed by atoms with Crippen LogP contribution in [0.15, 0.2) is 66.9 Å². The topological polar surface area (TPSA) is 55.2 Å². The number of aryl methyl sites for hydroxylation is 1. The zero-order valence-electron chi connectivity index (χ0n) is 19.0. The molecule has 1 unspecified atom stereocenters. The second-order valence-corrected chi connectivity index (χ2v) is 11.2. The molecule has 0 spiro atoms. The largest absolute Gasteiger partial charge is 0.233 e. The van der Waals surface area contributed by atoms with E-state index in [4.69, 9.17) is 0 Å². The van der Waals surface area contributed by atoms with Crippen LogP contribution in [0.25, 0.3) is 16.6 Å². The Labute approximate surface area is 197 Å². The Morgan fingerprint density at radius 3 is 2.26 bits per heavy atom. The fraction of sp³-hybridized carbons (Fsp3) is 0.269. The van der Waals surface area contributed by atoms with E-state index in [1.165, 1.54) is 34.8 Å². The third-order valence-electron chi connectivity index (χ3n) is 6.80. The fourth-order valence-corrected chi connectivity index (χ4v) is 6.01. The minimum atomic E-state index is -3.35. The third kappa shape index (κ3) is 4.12. The summed E-state index contributed by atoms with van der Waals surface area (Å²) in [5.41, 5.74) is 4.25. The van der Waals surface area contributed by atoms with Crippen molar-refractivity contribution in [3.8, 4) is 5.69 Å². The lowest BCUT2D eigenvalue weighted by Gasteiger charge is -2.32. The summed E-state index contributed by atoms with van der Waals surface area (Å²) in [7, 11) is -3.35. The van der Waals surface area contributed by atoms with Gasteiger partial charge in [0.05, 0.1) is 23.7 Å². The molecule has 0 amide bonds. The van der Waals surface area contributed by atoms with E-state index in [1.54, 1.807) is 35.1 Å². The summed E-state index contributed by atoms with van der Waals surface area (Å²) in [6.45, 7) is 2.82. The molecule has 1 atom stereocenters. The Kier molecular flexibility index (Phi) is 5.53. The van der Waals surface area contributed by atoms with Crippen LogP contribution in [0.2, 0.25) is 0 Å². The van der Waals surface area contributed by atoms with E-state index in [0.29, 0.717) is 25.9 Å². The van der Waals surface area contributed by atoms with Crippen LogP contribution in [-0.4, -0.2) is 41.8 Å². The number of hydrogen-bond donors (Lipinski definition) is 0. The Hall–Kier alpha value is -3.10. The van der Waals surface area contributed by atoms with Crippen molar-refractivity contribution in [2.45, 2.75) is 25.2 Å². The number of benzene rings is 3. The van der Waals surface area contributed by atoms with Gasteiger partial charge in [-0.15, -0.1) is 0 Å². The lowest BCUT2D eigenvalue weighted by molar-refractivity contribution is 0.415. The highest BCUT2D eigenvalue weighted by Gasteiger charge is 2.43. The molecule has 1 aliphatic heterocycles. The van der Waals surface area contributed by atoms with E-state index in [-0.39, 0.29) is 11.6 Å². The van der Waals surface area contributed by atoms with Gasteiger partial charge in [0.2, 0.25) is 10.0 Å². The molecule has 0 saturated carbocycles. The predicted octanol–water partition coefficient (Wildman–Crippen LogP) is 4.76. The highest BCUT2D eigenvalue weighted by Crippen LogP contribution is 2.41. The SMILES string of the molecule is Cc1cc2c(cnn2-c2ccc(F)cc2)cc1C1(Cc2ccc(F)cc2)CCN(S(C)(=O)=O)C1. The Balaban J connectivity index is 1.61. The molecule has 2 heterocycles. The maximum Gasteiger partial charge on any atom is 0.211 e. The van der Waals surface area contributed by atoms with E-state index in [0.717, 1.165) is 33.3 Å². The number of halogens is 2. The van der Waals surface area contributed by atoms with E-state index in [2.05, 4.69) is 17.2 Å². The molecular weight excluding hydrogens is 456 g/mol. The van der Waals surface area contributed by atoms with Crippen LogP contribution in [0.1, 0.15) is 23.1 Å². The first-order valence-electron chi connectivity index (χ1n) is 11.1. The van der Waals surface area contributed by atoms with Crippen LogP contribution in [-0.2, 0) is 21.9 Å². The zero-order chi connectivity index (χ0) is 24.1. The molecule has 176 valence electrons. The number of hydrogen-bond acceptors (Lipinski definition) is 3. The van der Waals surface area contributed by atoms with E-state index in [9.17, 15) is 17.2 Å². The van der Waals surface area contributed by atoms with Crippen molar-refractivity contribution >= 4 is 20.9 Å². The van der Waals surface area contributed by atoms with Crippen molar-refractivity contribution in [2.24, 2.45) is 0 Å². The van der Waals surface area contributed by atoms with Gasteiger partial charge in [-0.3, -0.25) is 0 Å². The van der Waals surface area contributed by atoms with Crippen molar-refractivity contribution in [1.29, 1.82) is 0 Å². The quantitative estimate of drug-likeness (QED) is 0.413. The second kappa shape index (κ2) is 8.29. The molecule has 1 fully saturated rings. The lowest BCUT2D eigenvalue weighted by Crippen LogP contribution is -2.36. The highest BCUT2D eigenvalue weighted by atomic mass is 32.2. The molecule has 3 aromatic carbocycles. The van der Waals surface area contributed by atoms with Gasteiger partial charge in [-0.1, -0.05) is 12.1 Å². The molecule has 0 bridgehead atoms. The number of rotatable bonds is 5. The molecule has 1 aromatic heterocycles. The van der Waals surface area contributed by atoms with Gasteiger partial charge >= 0.3 is 0 Å². The molecule has 0 radical (unpaired) electrons. The van der Waals surface area contributed by atoms with Crippen LogP contribution < -0.4 is 0 Å². The monoisotopic (exact) mass is 481 g/mol. The maximum absolute atomic E-state index is 13.5. The van der Waals surface area contributed by atoms with Gasteiger partial charge in [-0.25, -0.2) is 26.2 Å². The van der Waals surface area contributed by atoms with Crippen LogP contribution in [0.4, 0.5) is 8.78 Å². The zero-order valence-corrected chi connectivity index (χ0v) is 19.8. The van der Waals surface area contributed by atoms with Crippen molar-refractivity contribution in [3.63, 3.8) is 0 Å². The van der Waals surface area contributed by atoms with E-state index < -0.39 is 15.4 Å². The molecule has 1 saturated heterocycles. The molecule has 4 aromatic rings. The smallest absolute Gasteiger partial charge is 0.211 e. The second-order valence-electron chi connectivity index (χ2n) is 9.19. The average Bonchev–Trinajstić information content (AvgIpc) is 3.40. The summed E-state index contributed by atoms with van der Waals surface area (Å²) >= 11 is 0. The first kappa shape index (κ1) is 22.7. The van der Waals surface area contributed by atoms with Crippen molar-refractivity contribution < 1.29 is 17.2 Å². The normalized spacial score (nSPS) is 19.2. The molecule has 1 aliphatic rings. The van der Waals surface area contributed by atoms with Crippen LogP contribution >= 0.6 is 0 Å². The van der Waals surface area contributed by atoms with Gasteiger partial charge in [-0.2, -0.15) is 5.10 Å². The van der Waals surface area contributed by atoms with Gasteiger partial charge in [0.25, 0.3) is 0 Å². The molecule has 0 aliphatic carbocycles. The van der Waals surface area contributed by atoms with Gasteiger partial charge in [0.15, 0.2) is 0 Å². The minimum absolute atomic E-state index is 0.298. The Morgan fingerprint density at radius 2 is 1.65 bits per heavy atom. The summed E-state index contributed by atoms with van der Waals surface area (Å²) in [6.07, 6.45) is 4.27.